The Morgan fingerprint density at radius 3 is 2.23 bits per heavy atom. The zero-order chi connectivity index (χ0) is 20.2. The van der Waals surface area contributed by atoms with E-state index in [-0.39, 0.29) is 18.3 Å². The monoisotopic (exact) mass is 386 g/mol. The summed E-state index contributed by atoms with van der Waals surface area (Å²) in [5.74, 6) is -5.03. The summed E-state index contributed by atoms with van der Waals surface area (Å²) in [5.41, 5.74) is 0.758. The van der Waals surface area contributed by atoms with Gasteiger partial charge in [0.2, 0.25) is 0 Å². The van der Waals surface area contributed by atoms with E-state index in [9.17, 15) is 13.9 Å². The van der Waals surface area contributed by atoms with Gasteiger partial charge in [-0.15, -0.1) is 0 Å². The first-order chi connectivity index (χ1) is 11.8. The van der Waals surface area contributed by atoms with Crippen LogP contribution < -0.4 is 0 Å². The molecule has 0 fully saturated rings. The number of ether oxygens (including phenoxy) is 1. The highest BCUT2D eigenvalue weighted by Gasteiger charge is 2.47. The standard InChI is InChI=1S/C20H32F2O3Si/c1-15(13-25-26(6,7)19(3,4)5)18(23)20(21,22)16(2)24-14-17-11-9-8-10-12-17/h8-12,15,18,23H,2,13-14H2,1,3-7H3/t15-,18-/m0/s1. The molecule has 0 saturated carbocycles. The van der Waals surface area contributed by atoms with Crippen molar-refractivity contribution in [3.63, 3.8) is 0 Å². The van der Waals surface area contributed by atoms with Crippen molar-refractivity contribution >= 4 is 8.32 Å². The molecule has 0 unspecified atom stereocenters. The highest BCUT2D eigenvalue weighted by Crippen LogP contribution is 2.38. The van der Waals surface area contributed by atoms with E-state index in [1.165, 1.54) is 0 Å². The Balaban J connectivity index is 2.64. The molecule has 0 bridgehead atoms. The van der Waals surface area contributed by atoms with Crippen LogP contribution in [-0.2, 0) is 15.8 Å². The molecule has 0 spiro atoms. The Morgan fingerprint density at radius 2 is 1.73 bits per heavy atom. The molecule has 0 aliphatic carbocycles. The van der Waals surface area contributed by atoms with E-state index in [0.29, 0.717) is 0 Å². The second-order valence-electron chi connectivity index (χ2n) is 8.31. The third-order valence-corrected chi connectivity index (χ3v) is 9.55. The molecule has 0 heterocycles. The van der Waals surface area contributed by atoms with Crippen molar-refractivity contribution in [2.75, 3.05) is 6.61 Å². The maximum atomic E-state index is 14.5. The van der Waals surface area contributed by atoms with Crippen LogP contribution in [0.15, 0.2) is 42.7 Å². The fourth-order valence-electron chi connectivity index (χ4n) is 2.01. The average molecular weight is 387 g/mol. The van der Waals surface area contributed by atoms with Crippen LogP contribution in [0.4, 0.5) is 8.78 Å². The van der Waals surface area contributed by atoms with Gasteiger partial charge in [0.15, 0.2) is 14.1 Å². The van der Waals surface area contributed by atoms with Crippen LogP contribution in [0.3, 0.4) is 0 Å². The van der Waals surface area contributed by atoms with Gasteiger partial charge in [0, 0.05) is 12.5 Å². The molecule has 148 valence electrons. The predicted molar refractivity (Wildman–Crippen MR) is 104 cm³/mol. The van der Waals surface area contributed by atoms with Crippen molar-refractivity contribution in [2.45, 2.75) is 64.5 Å². The van der Waals surface area contributed by atoms with Gasteiger partial charge in [0.05, 0.1) is 0 Å². The van der Waals surface area contributed by atoms with Crippen LogP contribution >= 0.6 is 0 Å². The normalized spacial score (nSPS) is 15.4. The van der Waals surface area contributed by atoms with Gasteiger partial charge in [-0.1, -0.05) is 64.6 Å². The van der Waals surface area contributed by atoms with Gasteiger partial charge in [0.1, 0.15) is 12.7 Å². The molecule has 0 aliphatic heterocycles. The quantitative estimate of drug-likeness (QED) is 0.458. The van der Waals surface area contributed by atoms with Crippen molar-refractivity contribution in [1.82, 2.24) is 0 Å². The second-order valence-corrected chi connectivity index (χ2v) is 13.1. The lowest BCUT2D eigenvalue weighted by Gasteiger charge is -2.38. The van der Waals surface area contributed by atoms with Crippen molar-refractivity contribution in [3.8, 4) is 0 Å². The minimum Gasteiger partial charge on any atom is -0.487 e. The third kappa shape index (κ3) is 5.89. The summed E-state index contributed by atoms with van der Waals surface area (Å²) >= 11 is 0. The van der Waals surface area contributed by atoms with E-state index < -0.39 is 32.0 Å². The molecule has 0 aliphatic rings. The van der Waals surface area contributed by atoms with E-state index in [1.54, 1.807) is 31.2 Å². The number of benzene rings is 1. The molecule has 2 atom stereocenters. The summed E-state index contributed by atoms with van der Waals surface area (Å²) in [5, 5.41) is 10.1. The molecular formula is C20H32F2O3Si. The smallest absolute Gasteiger partial charge is 0.329 e. The van der Waals surface area contributed by atoms with Gasteiger partial charge < -0.3 is 14.3 Å². The van der Waals surface area contributed by atoms with Gasteiger partial charge >= 0.3 is 5.92 Å². The number of alkyl halides is 2. The average Bonchev–Trinajstić information content (AvgIpc) is 2.56. The van der Waals surface area contributed by atoms with E-state index in [0.717, 1.165) is 5.56 Å². The summed E-state index contributed by atoms with van der Waals surface area (Å²) in [6.07, 6.45) is -1.92. The van der Waals surface area contributed by atoms with E-state index in [4.69, 9.17) is 9.16 Å². The maximum absolute atomic E-state index is 14.5. The molecule has 1 aromatic rings. The van der Waals surface area contributed by atoms with Crippen molar-refractivity contribution < 1.29 is 23.1 Å². The molecule has 1 rings (SSSR count). The van der Waals surface area contributed by atoms with Crippen molar-refractivity contribution in [2.24, 2.45) is 5.92 Å². The predicted octanol–water partition coefficient (Wildman–Crippen LogP) is 5.37. The number of aliphatic hydroxyl groups excluding tert-OH is 1. The lowest BCUT2D eigenvalue weighted by molar-refractivity contribution is -0.136. The van der Waals surface area contributed by atoms with Crippen LogP contribution in [0, 0.1) is 5.92 Å². The second kappa shape index (κ2) is 8.63. The molecule has 0 amide bonds. The van der Waals surface area contributed by atoms with Crippen LogP contribution in [0.5, 0.6) is 0 Å². The highest BCUT2D eigenvalue weighted by molar-refractivity contribution is 6.74. The molecule has 1 aromatic carbocycles. The summed E-state index contributed by atoms with van der Waals surface area (Å²) in [4.78, 5) is 0. The lowest BCUT2D eigenvalue weighted by Crippen LogP contribution is -2.46. The SMILES string of the molecule is C=C(OCc1ccccc1)C(F)(F)[C@@H](O)[C@@H](C)CO[Si](C)(C)C(C)(C)C. The zero-order valence-corrected chi connectivity index (χ0v) is 17.7. The topological polar surface area (TPSA) is 38.7 Å². The first-order valence-electron chi connectivity index (χ1n) is 8.85. The highest BCUT2D eigenvalue weighted by atomic mass is 28.4. The molecule has 1 N–H and O–H groups in total. The molecular weight excluding hydrogens is 354 g/mol. The molecule has 0 radical (unpaired) electrons. The fourth-order valence-corrected chi connectivity index (χ4v) is 3.12. The van der Waals surface area contributed by atoms with Crippen LogP contribution in [0.25, 0.3) is 0 Å². The first-order valence-corrected chi connectivity index (χ1v) is 11.8. The zero-order valence-electron chi connectivity index (χ0n) is 16.7. The van der Waals surface area contributed by atoms with Gasteiger partial charge in [-0.05, 0) is 23.7 Å². The van der Waals surface area contributed by atoms with Crippen molar-refractivity contribution in [1.29, 1.82) is 0 Å². The minimum absolute atomic E-state index is 0.0170. The van der Waals surface area contributed by atoms with Gasteiger partial charge in [-0.3, -0.25) is 0 Å². The molecule has 3 nitrogen and oxygen atoms in total. The Morgan fingerprint density at radius 1 is 1.19 bits per heavy atom. The number of hydrogen-bond donors (Lipinski definition) is 1. The molecule has 0 saturated heterocycles. The van der Waals surface area contributed by atoms with E-state index >= 15 is 0 Å². The Bertz CT molecular complexity index is 582. The molecule has 26 heavy (non-hydrogen) atoms. The molecule has 0 aromatic heterocycles. The number of halogens is 2. The van der Waals surface area contributed by atoms with Gasteiger partial charge in [0.25, 0.3) is 0 Å². The van der Waals surface area contributed by atoms with E-state index in [1.807, 2.05) is 19.2 Å². The third-order valence-electron chi connectivity index (χ3n) is 5.05. The van der Waals surface area contributed by atoms with Crippen LogP contribution in [-0.4, -0.2) is 32.1 Å². The number of hydrogen-bond acceptors (Lipinski definition) is 3. The Labute approximate surface area is 157 Å². The van der Waals surface area contributed by atoms with Gasteiger partial charge in [-0.2, -0.15) is 8.78 Å². The summed E-state index contributed by atoms with van der Waals surface area (Å²) in [6.45, 7) is 15.3. The summed E-state index contributed by atoms with van der Waals surface area (Å²) < 4.78 is 40.1. The summed E-state index contributed by atoms with van der Waals surface area (Å²) in [6, 6.07) is 8.99. The fraction of sp³-hybridized carbons (Fsp3) is 0.600. The summed E-state index contributed by atoms with van der Waals surface area (Å²) in [7, 11) is -2.07. The number of aliphatic hydroxyl groups is 1. The largest absolute Gasteiger partial charge is 0.487 e. The van der Waals surface area contributed by atoms with Crippen LogP contribution in [0.1, 0.15) is 33.3 Å². The lowest BCUT2D eigenvalue weighted by atomic mass is 9.99. The Kier molecular flexibility index (Phi) is 7.57. The molecule has 6 heteroatoms. The first kappa shape index (κ1) is 22.8. The van der Waals surface area contributed by atoms with Crippen molar-refractivity contribution in [3.05, 3.63) is 48.2 Å². The van der Waals surface area contributed by atoms with Crippen LogP contribution in [0.2, 0.25) is 18.1 Å². The van der Waals surface area contributed by atoms with E-state index in [2.05, 4.69) is 27.4 Å². The maximum Gasteiger partial charge on any atom is 0.329 e. The van der Waals surface area contributed by atoms with Gasteiger partial charge in [-0.25, -0.2) is 0 Å². The number of rotatable bonds is 9. The minimum atomic E-state index is -3.55. The Hall–Kier alpha value is -1.24.